The van der Waals surface area contributed by atoms with Crippen molar-refractivity contribution in [3.05, 3.63) is 18.4 Å². The summed E-state index contributed by atoms with van der Waals surface area (Å²) in [5.41, 5.74) is 6.83. The van der Waals surface area contributed by atoms with Crippen molar-refractivity contribution in [2.45, 2.75) is 33.1 Å². The number of hydrogen-bond acceptors (Lipinski definition) is 5. The number of hydrogen-bond donors (Lipinski definition) is 1. The van der Waals surface area contributed by atoms with Gasteiger partial charge < -0.3 is 14.8 Å². The molecule has 0 aliphatic heterocycles. The lowest BCUT2D eigenvalue weighted by Gasteiger charge is -2.22. The second-order valence-electron chi connectivity index (χ2n) is 6.04. The number of nitrogens with zero attached hydrogens (tertiary/aromatic N) is 4. The fraction of sp³-hybridized carbons (Fsp3) is 0.615. The highest BCUT2D eigenvalue weighted by molar-refractivity contribution is 5.47. The average Bonchev–Trinajstić information content (AvgIpc) is 2.92. The number of aromatic nitrogens is 4. The lowest BCUT2D eigenvalue weighted by atomic mass is 9.84. The maximum absolute atomic E-state index is 5.82. The highest BCUT2D eigenvalue weighted by Crippen LogP contribution is 2.30. The van der Waals surface area contributed by atoms with Gasteiger partial charge in [-0.2, -0.15) is 4.98 Å². The van der Waals surface area contributed by atoms with Crippen LogP contribution in [0.3, 0.4) is 0 Å². The molecule has 0 radical (unpaired) electrons. The number of imidazole rings is 1. The Bertz CT molecular complexity index is 537. The topological polar surface area (TPSA) is 82.8 Å². The van der Waals surface area contributed by atoms with Crippen molar-refractivity contribution in [2.24, 2.45) is 18.2 Å². The van der Waals surface area contributed by atoms with E-state index in [-0.39, 0.29) is 11.3 Å². The molecule has 0 saturated heterocycles. The monoisotopic (exact) mass is 263 g/mol. The highest BCUT2D eigenvalue weighted by atomic mass is 16.5. The smallest absolute Gasteiger partial charge is 0.231 e. The quantitative estimate of drug-likeness (QED) is 0.911. The van der Waals surface area contributed by atoms with Crippen LogP contribution in [0.25, 0.3) is 11.5 Å². The van der Waals surface area contributed by atoms with Crippen molar-refractivity contribution < 1.29 is 4.52 Å². The van der Waals surface area contributed by atoms with Crippen LogP contribution in [0.5, 0.6) is 0 Å². The third kappa shape index (κ3) is 3.20. The van der Waals surface area contributed by atoms with E-state index in [1.54, 1.807) is 12.5 Å². The van der Waals surface area contributed by atoms with Crippen molar-refractivity contribution in [3.8, 4) is 11.5 Å². The molecule has 1 unspecified atom stereocenters. The molecule has 0 amide bonds. The summed E-state index contributed by atoms with van der Waals surface area (Å²) in [6, 6.07) is 0. The van der Waals surface area contributed by atoms with Crippen molar-refractivity contribution >= 4 is 0 Å². The first-order chi connectivity index (χ1) is 8.90. The van der Waals surface area contributed by atoms with Gasteiger partial charge in [0.25, 0.3) is 0 Å². The van der Waals surface area contributed by atoms with Gasteiger partial charge in [-0.25, -0.2) is 4.98 Å². The van der Waals surface area contributed by atoms with E-state index in [1.807, 2.05) is 11.6 Å². The summed E-state index contributed by atoms with van der Waals surface area (Å²) in [5, 5.41) is 4.02. The first-order valence-corrected chi connectivity index (χ1v) is 6.41. The summed E-state index contributed by atoms with van der Waals surface area (Å²) in [7, 11) is 1.90. The Hall–Kier alpha value is -1.69. The Morgan fingerprint density at radius 1 is 1.42 bits per heavy atom. The summed E-state index contributed by atoms with van der Waals surface area (Å²) in [6.07, 6.45) is 4.34. The normalized spacial score (nSPS) is 13.7. The molecule has 2 heterocycles. The highest BCUT2D eigenvalue weighted by Gasteiger charge is 2.24. The minimum Gasteiger partial charge on any atom is -0.339 e. The molecular weight excluding hydrogens is 242 g/mol. The molecule has 0 spiro atoms. The van der Waals surface area contributed by atoms with Gasteiger partial charge in [0.15, 0.2) is 0 Å². The zero-order valence-corrected chi connectivity index (χ0v) is 11.9. The molecule has 2 rings (SSSR count). The molecule has 104 valence electrons. The Kier molecular flexibility index (Phi) is 3.71. The summed E-state index contributed by atoms with van der Waals surface area (Å²) < 4.78 is 7.22. The lowest BCUT2D eigenvalue weighted by Crippen LogP contribution is -2.19. The number of nitrogens with two attached hydrogens (primary N) is 1. The molecule has 2 aromatic rings. The molecule has 0 saturated carbocycles. The lowest BCUT2D eigenvalue weighted by molar-refractivity contribution is 0.287. The van der Waals surface area contributed by atoms with Crippen molar-refractivity contribution in [1.82, 2.24) is 19.7 Å². The minimum atomic E-state index is 0.0921. The van der Waals surface area contributed by atoms with Crippen LogP contribution in [0.15, 0.2) is 17.0 Å². The van der Waals surface area contributed by atoms with Crippen LogP contribution in [0.2, 0.25) is 0 Å². The molecule has 0 aromatic carbocycles. The van der Waals surface area contributed by atoms with Gasteiger partial charge in [-0.1, -0.05) is 25.9 Å². The van der Waals surface area contributed by atoms with E-state index >= 15 is 0 Å². The maximum atomic E-state index is 5.82. The van der Waals surface area contributed by atoms with Crippen LogP contribution < -0.4 is 5.73 Å². The average molecular weight is 263 g/mol. The van der Waals surface area contributed by atoms with Gasteiger partial charge in [0.05, 0.1) is 18.4 Å². The third-order valence-corrected chi connectivity index (χ3v) is 2.98. The fourth-order valence-electron chi connectivity index (χ4n) is 2.09. The van der Waals surface area contributed by atoms with Gasteiger partial charge in [0.2, 0.25) is 11.7 Å². The van der Waals surface area contributed by atoms with Gasteiger partial charge in [0.1, 0.15) is 5.69 Å². The standard InChI is InChI=1S/C13H21N5O/c1-13(2,3)5-9(6-14)12-16-11(17-19-12)10-7-15-8-18(10)4/h7-9H,5-6,14H2,1-4H3. The van der Waals surface area contributed by atoms with E-state index in [4.69, 9.17) is 10.3 Å². The molecule has 1 atom stereocenters. The van der Waals surface area contributed by atoms with Gasteiger partial charge in [0, 0.05) is 13.6 Å². The third-order valence-electron chi connectivity index (χ3n) is 2.98. The van der Waals surface area contributed by atoms with Crippen LogP contribution in [-0.2, 0) is 7.05 Å². The van der Waals surface area contributed by atoms with Crippen molar-refractivity contribution in [1.29, 1.82) is 0 Å². The van der Waals surface area contributed by atoms with E-state index in [1.165, 1.54) is 0 Å². The zero-order valence-electron chi connectivity index (χ0n) is 11.9. The summed E-state index contributed by atoms with van der Waals surface area (Å²) in [5.74, 6) is 1.26. The Morgan fingerprint density at radius 3 is 2.68 bits per heavy atom. The summed E-state index contributed by atoms with van der Waals surface area (Å²) in [4.78, 5) is 8.50. The van der Waals surface area contributed by atoms with E-state index < -0.39 is 0 Å². The van der Waals surface area contributed by atoms with Gasteiger partial charge in [-0.3, -0.25) is 0 Å². The molecule has 0 aliphatic rings. The van der Waals surface area contributed by atoms with Crippen molar-refractivity contribution in [2.75, 3.05) is 6.54 Å². The minimum absolute atomic E-state index is 0.0921. The predicted molar refractivity (Wildman–Crippen MR) is 72.4 cm³/mol. The molecule has 2 aromatic heterocycles. The van der Waals surface area contributed by atoms with Gasteiger partial charge in [-0.05, 0) is 11.8 Å². The Labute approximate surface area is 113 Å². The molecular formula is C13H21N5O. The van der Waals surface area contributed by atoms with Gasteiger partial charge in [-0.15, -0.1) is 0 Å². The van der Waals surface area contributed by atoms with E-state index in [0.717, 1.165) is 12.1 Å². The largest absolute Gasteiger partial charge is 0.339 e. The van der Waals surface area contributed by atoms with E-state index in [2.05, 4.69) is 35.9 Å². The molecule has 2 N–H and O–H groups in total. The molecule has 19 heavy (non-hydrogen) atoms. The van der Waals surface area contributed by atoms with E-state index in [0.29, 0.717) is 18.3 Å². The molecule has 0 fully saturated rings. The van der Waals surface area contributed by atoms with Crippen LogP contribution >= 0.6 is 0 Å². The molecule has 6 heteroatoms. The second kappa shape index (κ2) is 5.13. The number of rotatable bonds is 4. The first-order valence-electron chi connectivity index (χ1n) is 6.41. The summed E-state index contributed by atoms with van der Waals surface area (Å²) in [6.45, 7) is 7.03. The first kappa shape index (κ1) is 13.7. The van der Waals surface area contributed by atoms with Crippen LogP contribution in [-0.4, -0.2) is 26.2 Å². The van der Waals surface area contributed by atoms with Crippen LogP contribution in [0, 0.1) is 5.41 Å². The van der Waals surface area contributed by atoms with E-state index in [9.17, 15) is 0 Å². The van der Waals surface area contributed by atoms with Gasteiger partial charge >= 0.3 is 0 Å². The molecule has 6 nitrogen and oxygen atoms in total. The summed E-state index contributed by atoms with van der Waals surface area (Å²) >= 11 is 0. The van der Waals surface area contributed by atoms with Crippen LogP contribution in [0.1, 0.15) is 39.0 Å². The predicted octanol–water partition coefficient (Wildman–Crippen LogP) is 1.95. The fourth-order valence-corrected chi connectivity index (χ4v) is 2.09. The second-order valence-corrected chi connectivity index (χ2v) is 6.04. The number of aryl methyl sites for hydroxylation is 1. The van der Waals surface area contributed by atoms with Crippen LogP contribution in [0.4, 0.5) is 0 Å². The molecule has 0 bridgehead atoms. The Morgan fingerprint density at radius 2 is 2.16 bits per heavy atom. The maximum Gasteiger partial charge on any atom is 0.231 e. The SMILES string of the molecule is Cn1cncc1-c1noc(C(CN)CC(C)(C)C)n1. The zero-order chi connectivity index (χ0) is 14.0. The van der Waals surface area contributed by atoms with Crippen molar-refractivity contribution in [3.63, 3.8) is 0 Å². The molecule has 0 aliphatic carbocycles. The Balaban J connectivity index is 2.22.